The van der Waals surface area contributed by atoms with Crippen LogP contribution in [0.5, 0.6) is 11.6 Å². The summed E-state index contributed by atoms with van der Waals surface area (Å²) in [5.41, 5.74) is 2.09. The molecule has 5 nitrogen and oxygen atoms in total. The molecule has 0 bridgehead atoms. The molecule has 3 rings (SSSR count). The van der Waals surface area contributed by atoms with E-state index in [1.807, 2.05) is 39.0 Å². The Kier molecular flexibility index (Phi) is 3.29. The summed E-state index contributed by atoms with van der Waals surface area (Å²) in [6.07, 6.45) is 0. The zero-order valence-corrected chi connectivity index (χ0v) is 12.7. The fourth-order valence-corrected chi connectivity index (χ4v) is 2.49. The van der Waals surface area contributed by atoms with Gasteiger partial charge in [0.25, 0.3) is 11.8 Å². The fourth-order valence-electron chi connectivity index (χ4n) is 2.34. The van der Waals surface area contributed by atoms with Gasteiger partial charge in [-0.2, -0.15) is 0 Å². The van der Waals surface area contributed by atoms with Gasteiger partial charge in [0.1, 0.15) is 5.56 Å². The smallest absolute Gasteiger partial charge is 0.264 e. The first kappa shape index (κ1) is 13.8. The van der Waals surface area contributed by atoms with E-state index < -0.39 is 0 Å². The van der Waals surface area contributed by atoms with Crippen LogP contribution in [-0.4, -0.2) is 22.1 Å². The van der Waals surface area contributed by atoms with Gasteiger partial charge in [0.2, 0.25) is 0 Å². The topological polar surface area (TPSA) is 55.3 Å². The maximum Gasteiger partial charge on any atom is 0.264 e. The molecule has 2 heterocycles. The highest BCUT2D eigenvalue weighted by atomic mass is 35.5. The van der Waals surface area contributed by atoms with Crippen LogP contribution < -0.4 is 9.64 Å². The van der Waals surface area contributed by atoms with Gasteiger partial charge in [0, 0.05) is 6.04 Å². The van der Waals surface area contributed by atoms with E-state index in [1.165, 1.54) is 6.07 Å². The number of amides is 1. The third-order valence-electron chi connectivity index (χ3n) is 3.28. The van der Waals surface area contributed by atoms with Crippen molar-refractivity contribution < 1.29 is 9.53 Å². The van der Waals surface area contributed by atoms with Gasteiger partial charge in [-0.05, 0) is 44.5 Å². The van der Waals surface area contributed by atoms with E-state index in [9.17, 15) is 4.79 Å². The molecule has 0 N–H and O–H groups in total. The number of hydrogen-bond acceptors (Lipinski definition) is 4. The molecule has 6 heteroatoms. The molecule has 1 aliphatic rings. The average molecular weight is 304 g/mol. The van der Waals surface area contributed by atoms with Crippen molar-refractivity contribution in [1.29, 1.82) is 0 Å². The highest BCUT2D eigenvalue weighted by Gasteiger charge is 2.31. The monoisotopic (exact) mass is 303 g/mol. The SMILES string of the molecule is Cc1ccc2c(c1)N(C(C)C)C(=O)c1cc(Cl)nnc1O2. The molecule has 0 atom stereocenters. The Morgan fingerprint density at radius 2 is 2.00 bits per heavy atom. The van der Waals surface area contributed by atoms with Gasteiger partial charge in [-0.25, -0.2) is 0 Å². The number of fused-ring (bicyclic) bond motifs is 2. The summed E-state index contributed by atoms with van der Waals surface area (Å²) in [7, 11) is 0. The maximum atomic E-state index is 12.8. The number of halogens is 1. The molecule has 108 valence electrons. The number of carbonyl (C=O) groups is 1. The second kappa shape index (κ2) is 5.00. The number of aromatic nitrogens is 2. The second-order valence-corrected chi connectivity index (χ2v) is 5.62. The van der Waals surface area contributed by atoms with Crippen molar-refractivity contribution in [2.45, 2.75) is 26.8 Å². The summed E-state index contributed by atoms with van der Waals surface area (Å²) in [5.74, 6) is 0.567. The Hall–Kier alpha value is -2.14. The molecular weight excluding hydrogens is 290 g/mol. The molecule has 1 aromatic carbocycles. The van der Waals surface area contributed by atoms with Crippen molar-refractivity contribution in [3.8, 4) is 11.6 Å². The van der Waals surface area contributed by atoms with Crippen molar-refractivity contribution in [2.75, 3.05) is 4.90 Å². The molecule has 0 aliphatic carbocycles. The first-order valence-electron chi connectivity index (χ1n) is 6.62. The summed E-state index contributed by atoms with van der Waals surface area (Å²) in [6, 6.07) is 7.14. The molecule has 0 saturated carbocycles. The van der Waals surface area contributed by atoms with E-state index in [4.69, 9.17) is 16.3 Å². The number of hydrogen-bond donors (Lipinski definition) is 0. The summed E-state index contributed by atoms with van der Waals surface area (Å²) in [5, 5.41) is 7.80. The number of ether oxygens (including phenoxy) is 1. The van der Waals surface area contributed by atoms with Gasteiger partial charge in [-0.1, -0.05) is 17.7 Å². The van der Waals surface area contributed by atoms with E-state index in [1.54, 1.807) is 4.90 Å². The molecule has 0 fully saturated rings. The largest absolute Gasteiger partial charge is 0.435 e. The lowest BCUT2D eigenvalue weighted by molar-refractivity contribution is 0.0980. The zero-order valence-electron chi connectivity index (χ0n) is 11.9. The van der Waals surface area contributed by atoms with Crippen molar-refractivity contribution in [2.24, 2.45) is 0 Å². The van der Waals surface area contributed by atoms with Crippen LogP contribution in [0.2, 0.25) is 5.15 Å². The molecule has 0 saturated heterocycles. The predicted molar refractivity (Wildman–Crippen MR) is 80.2 cm³/mol. The van der Waals surface area contributed by atoms with E-state index in [0.29, 0.717) is 11.3 Å². The summed E-state index contributed by atoms with van der Waals surface area (Å²) in [4.78, 5) is 14.5. The Bertz CT molecular complexity index is 731. The van der Waals surface area contributed by atoms with Gasteiger partial charge in [-0.15, -0.1) is 10.2 Å². The third kappa shape index (κ3) is 2.34. The van der Waals surface area contributed by atoms with Crippen LogP contribution in [-0.2, 0) is 0 Å². The number of rotatable bonds is 1. The fraction of sp³-hybridized carbons (Fsp3) is 0.267. The summed E-state index contributed by atoms with van der Waals surface area (Å²) in [6.45, 7) is 5.87. The molecular formula is C15H14ClN3O2. The zero-order chi connectivity index (χ0) is 15.1. The molecule has 1 amide bonds. The Morgan fingerprint density at radius 1 is 1.24 bits per heavy atom. The normalized spacial score (nSPS) is 13.6. The van der Waals surface area contributed by atoms with Gasteiger partial charge in [0.05, 0.1) is 5.69 Å². The van der Waals surface area contributed by atoms with Crippen molar-refractivity contribution in [1.82, 2.24) is 10.2 Å². The minimum atomic E-state index is -0.193. The number of benzene rings is 1. The Morgan fingerprint density at radius 3 is 2.71 bits per heavy atom. The van der Waals surface area contributed by atoms with Crippen molar-refractivity contribution >= 4 is 23.2 Å². The first-order valence-corrected chi connectivity index (χ1v) is 7.00. The third-order valence-corrected chi connectivity index (χ3v) is 3.46. The van der Waals surface area contributed by atoms with Crippen LogP contribution in [0, 0.1) is 6.92 Å². The van der Waals surface area contributed by atoms with Crippen LogP contribution in [0.1, 0.15) is 29.8 Å². The van der Waals surface area contributed by atoms with Crippen LogP contribution >= 0.6 is 11.6 Å². The predicted octanol–water partition coefficient (Wildman–Crippen LogP) is 3.60. The molecule has 2 aromatic rings. The lowest BCUT2D eigenvalue weighted by atomic mass is 10.1. The maximum absolute atomic E-state index is 12.8. The van der Waals surface area contributed by atoms with E-state index in [2.05, 4.69) is 10.2 Å². The van der Waals surface area contributed by atoms with Crippen molar-refractivity contribution in [3.63, 3.8) is 0 Å². The Labute approximate surface area is 127 Å². The van der Waals surface area contributed by atoms with Crippen LogP contribution in [0.15, 0.2) is 24.3 Å². The lowest BCUT2D eigenvalue weighted by Gasteiger charge is -2.26. The molecule has 0 spiro atoms. The number of nitrogens with zero attached hydrogens (tertiary/aromatic N) is 3. The van der Waals surface area contributed by atoms with Gasteiger partial charge < -0.3 is 9.64 Å². The average Bonchev–Trinajstić information content (AvgIpc) is 2.53. The molecule has 1 aromatic heterocycles. The first-order chi connectivity index (χ1) is 9.97. The van der Waals surface area contributed by atoms with Crippen LogP contribution in [0.4, 0.5) is 5.69 Å². The molecule has 21 heavy (non-hydrogen) atoms. The Balaban J connectivity index is 2.26. The van der Waals surface area contributed by atoms with Crippen molar-refractivity contribution in [3.05, 3.63) is 40.5 Å². The van der Waals surface area contributed by atoms with Crippen LogP contribution in [0.3, 0.4) is 0 Å². The van der Waals surface area contributed by atoms with Gasteiger partial charge >= 0.3 is 0 Å². The summed E-state index contributed by atoms with van der Waals surface area (Å²) < 4.78 is 5.77. The highest BCUT2D eigenvalue weighted by molar-refractivity contribution is 6.29. The van der Waals surface area contributed by atoms with E-state index in [-0.39, 0.29) is 23.0 Å². The minimum absolute atomic E-state index is 0.0282. The molecule has 1 aliphatic heterocycles. The minimum Gasteiger partial charge on any atom is -0.435 e. The second-order valence-electron chi connectivity index (χ2n) is 5.23. The summed E-state index contributed by atoms with van der Waals surface area (Å²) >= 11 is 5.86. The quantitative estimate of drug-likeness (QED) is 0.807. The van der Waals surface area contributed by atoms with E-state index >= 15 is 0 Å². The highest BCUT2D eigenvalue weighted by Crippen LogP contribution is 2.39. The number of aryl methyl sites for hydroxylation is 1. The number of carbonyl (C=O) groups excluding carboxylic acids is 1. The molecule has 0 unspecified atom stereocenters. The number of anilines is 1. The molecule has 0 radical (unpaired) electrons. The van der Waals surface area contributed by atoms with Gasteiger partial charge in [-0.3, -0.25) is 4.79 Å². The standard InChI is InChI=1S/C15H14ClN3O2/c1-8(2)19-11-6-9(3)4-5-12(11)21-14-10(15(19)20)7-13(16)17-18-14/h4-8H,1-3H3. The lowest BCUT2D eigenvalue weighted by Crippen LogP contribution is -2.36. The van der Waals surface area contributed by atoms with Crippen LogP contribution in [0.25, 0.3) is 0 Å². The van der Waals surface area contributed by atoms with Gasteiger partial charge in [0.15, 0.2) is 10.9 Å². The van der Waals surface area contributed by atoms with E-state index in [0.717, 1.165) is 11.3 Å².